The normalized spacial score (nSPS) is 10.8. The van der Waals surface area contributed by atoms with Crippen molar-refractivity contribution in [3.05, 3.63) is 29.3 Å². The highest BCUT2D eigenvalue weighted by molar-refractivity contribution is 5.97. The molecule has 1 rings (SSSR count). The van der Waals surface area contributed by atoms with Gasteiger partial charge in [0.2, 0.25) is 0 Å². The van der Waals surface area contributed by atoms with Gasteiger partial charge < -0.3 is 14.9 Å². The first-order valence-corrected chi connectivity index (χ1v) is 6.70. The van der Waals surface area contributed by atoms with Crippen molar-refractivity contribution in [3.63, 3.8) is 0 Å². The minimum Gasteiger partial charge on any atom is -0.507 e. The fourth-order valence-corrected chi connectivity index (χ4v) is 1.91. The van der Waals surface area contributed by atoms with Crippen molar-refractivity contribution in [1.82, 2.24) is 9.80 Å². The summed E-state index contributed by atoms with van der Waals surface area (Å²) in [6.07, 6.45) is 0.908. The summed E-state index contributed by atoms with van der Waals surface area (Å²) in [5, 5.41) is 10.0. The van der Waals surface area contributed by atoms with Crippen molar-refractivity contribution in [2.45, 2.75) is 20.3 Å². The lowest BCUT2D eigenvalue weighted by atomic mass is 10.1. The first kappa shape index (κ1) is 15.5. The molecule has 1 aromatic carbocycles. The smallest absolute Gasteiger partial charge is 0.257 e. The van der Waals surface area contributed by atoms with Crippen LogP contribution in [0.1, 0.15) is 29.3 Å². The van der Waals surface area contributed by atoms with Crippen LogP contribution in [-0.2, 0) is 0 Å². The van der Waals surface area contributed by atoms with Gasteiger partial charge in [0.1, 0.15) is 5.75 Å². The number of carbonyl (C=O) groups is 1. The summed E-state index contributed by atoms with van der Waals surface area (Å²) in [4.78, 5) is 16.3. The minimum atomic E-state index is -0.0927. The second-order valence-corrected chi connectivity index (χ2v) is 5.07. The molecule has 0 aliphatic heterocycles. The topological polar surface area (TPSA) is 43.8 Å². The molecule has 1 N–H and O–H groups in total. The van der Waals surface area contributed by atoms with Gasteiger partial charge in [-0.1, -0.05) is 19.1 Å². The molecule has 106 valence electrons. The van der Waals surface area contributed by atoms with E-state index in [0.29, 0.717) is 18.7 Å². The molecule has 0 aliphatic rings. The summed E-state index contributed by atoms with van der Waals surface area (Å²) in [5.41, 5.74) is 1.13. The van der Waals surface area contributed by atoms with Gasteiger partial charge in [0.05, 0.1) is 5.56 Å². The maximum Gasteiger partial charge on any atom is 0.257 e. The highest BCUT2D eigenvalue weighted by Crippen LogP contribution is 2.22. The number of hydrogen-bond donors (Lipinski definition) is 1. The molecule has 19 heavy (non-hydrogen) atoms. The second-order valence-electron chi connectivity index (χ2n) is 5.07. The molecule has 1 aromatic rings. The predicted octanol–water partition coefficient (Wildman–Crippen LogP) is 2.11. The molecule has 0 radical (unpaired) electrons. The van der Waals surface area contributed by atoms with Crippen molar-refractivity contribution in [2.75, 3.05) is 33.7 Å². The standard InChI is InChI=1S/C15H24N2O2/c1-5-9-17(11-10-16(3)4)15(19)13-8-6-7-12(2)14(13)18/h6-8,18H,5,9-11H2,1-4H3. The molecular weight excluding hydrogens is 240 g/mol. The molecule has 4 nitrogen and oxygen atoms in total. The third-order valence-corrected chi connectivity index (χ3v) is 3.07. The van der Waals surface area contributed by atoms with Crippen molar-refractivity contribution in [2.24, 2.45) is 0 Å². The number of phenolic OH excluding ortho intramolecular Hbond substituents is 1. The monoisotopic (exact) mass is 264 g/mol. The van der Waals surface area contributed by atoms with Crippen molar-refractivity contribution >= 4 is 5.91 Å². The lowest BCUT2D eigenvalue weighted by Gasteiger charge is -2.24. The van der Waals surface area contributed by atoms with E-state index in [9.17, 15) is 9.90 Å². The zero-order chi connectivity index (χ0) is 14.4. The first-order chi connectivity index (χ1) is 8.97. The van der Waals surface area contributed by atoms with E-state index in [1.807, 2.05) is 25.9 Å². The van der Waals surface area contributed by atoms with Crippen LogP contribution in [0.3, 0.4) is 0 Å². The lowest BCUT2D eigenvalue weighted by Crippen LogP contribution is -2.37. The number of aryl methyl sites for hydroxylation is 1. The maximum atomic E-state index is 12.5. The number of hydrogen-bond acceptors (Lipinski definition) is 3. The Hall–Kier alpha value is -1.55. The predicted molar refractivity (Wildman–Crippen MR) is 77.6 cm³/mol. The molecule has 0 aliphatic carbocycles. The van der Waals surface area contributed by atoms with Gasteiger partial charge in [0.15, 0.2) is 0 Å². The number of likely N-dealkylation sites (N-methyl/N-ethyl adjacent to an activating group) is 1. The van der Waals surface area contributed by atoms with Crippen LogP contribution in [-0.4, -0.2) is 54.5 Å². The number of aromatic hydroxyl groups is 1. The Kier molecular flexibility index (Phi) is 5.83. The largest absolute Gasteiger partial charge is 0.507 e. The maximum absolute atomic E-state index is 12.5. The third kappa shape index (κ3) is 4.24. The fourth-order valence-electron chi connectivity index (χ4n) is 1.91. The number of nitrogens with zero attached hydrogens (tertiary/aromatic N) is 2. The minimum absolute atomic E-state index is 0.0927. The first-order valence-electron chi connectivity index (χ1n) is 6.70. The quantitative estimate of drug-likeness (QED) is 0.856. The zero-order valence-electron chi connectivity index (χ0n) is 12.3. The summed E-state index contributed by atoms with van der Waals surface area (Å²) in [6.45, 7) is 6.05. The Morgan fingerprint density at radius 1 is 1.21 bits per heavy atom. The average molecular weight is 264 g/mol. The second kappa shape index (κ2) is 7.14. The van der Waals surface area contributed by atoms with Crippen LogP contribution < -0.4 is 0 Å². The van der Waals surface area contributed by atoms with E-state index in [0.717, 1.165) is 18.5 Å². The van der Waals surface area contributed by atoms with E-state index >= 15 is 0 Å². The molecule has 0 heterocycles. The van der Waals surface area contributed by atoms with E-state index in [1.54, 1.807) is 30.0 Å². The lowest BCUT2D eigenvalue weighted by molar-refractivity contribution is 0.0742. The van der Waals surface area contributed by atoms with E-state index in [4.69, 9.17) is 0 Å². The van der Waals surface area contributed by atoms with Crippen LogP contribution in [0, 0.1) is 6.92 Å². The molecule has 0 saturated carbocycles. The number of carbonyl (C=O) groups excluding carboxylic acids is 1. The molecule has 0 spiro atoms. The van der Waals surface area contributed by atoms with Gasteiger partial charge >= 0.3 is 0 Å². The van der Waals surface area contributed by atoms with Gasteiger partial charge in [0, 0.05) is 19.6 Å². The highest BCUT2D eigenvalue weighted by atomic mass is 16.3. The van der Waals surface area contributed by atoms with Crippen molar-refractivity contribution < 1.29 is 9.90 Å². The molecule has 0 saturated heterocycles. The van der Waals surface area contributed by atoms with Crippen LogP contribution >= 0.6 is 0 Å². The number of phenols is 1. The van der Waals surface area contributed by atoms with Crippen molar-refractivity contribution in [3.8, 4) is 5.75 Å². The Balaban J connectivity index is 2.89. The molecule has 1 amide bonds. The molecule has 0 bridgehead atoms. The van der Waals surface area contributed by atoms with Gasteiger partial charge in [-0.25, -0.2) is 0 Å². The average Bonchev–Trinajstić information content (AvgIpc) is 2.37. The Bertz CT molecular complexity index is 430. The van der Waals surface area contributed by atoms with E-state index < -0.39 is 0 Å². The Labute approximate surface area is 115 Å². The molecule has 4 heteroatoms. The number of para-hydroxylation sites is 1. The van der Waals surface area contributed by atoms with Gasteiger partial charge in [-0.3, -0.25) is 4.79 Å². The van der Waals surface area contributed by atoms with Gasteiger partial charge in [0.25, 0.3) is 5.91 Å². The van der Waals surface area contributed by atoms with Gasteiger partial charge in [-0.15, -0.1) is 0 Å². The van der Waals surface area contributed by atoms with Crippen LogP contribution in [0.2, 0.25) is 0 Å². The summed E-state index contributed by atoms with van der Waals surface area (Å²) >= 11 is 0. The van der Waals surface area contributed by atoms with Crippen LogP contribution in [0.4, 0.5) is 0 Å². The van der Waals surface area contributed by atoms with Crippen LogP contribution in [0.25, 0.3) is 0 Å². The van der Waals surface area contributed by atoms with Crippen LogP contribution in [0.15, 0.2) is 18.2 Å². The summed E-state index contributed by atoms with van der Waals surface area (Å²) < 4.78 is 0. The van der Waals surface area contributed by atoms with Crippen molar-refractivity contribution in [1.29, 1.82) is 0 Å². The number of benzene rings is 1. The van der Waals surface area contributed by atoms with E-state index in [-0.39, 0.29) is 11.7 Å². The zero-order valence-corrected chi connectivity index (χ0v) is 12.3. The Morgan fingerprint density at radius 2 is 1.89 bits per heavy atom. The van der Waals surface area contributed by atoms with E-state index in [2.05, 4.69) is 0 Å². The van der Waals surface area contributed by atoms with Crippen LogP contribution in [0.5, 0.6) is 5.75 Å². The summed E-state index contributed by atoms with van der Waals surface area (Å²) in [7, 11) is 3.97. The SMILES string of the molecule is CCCN(CCN(C)C)C(=O)c1cccc(C)c1O. The number of rotatable bonds is 6. The summed E-state index contributed by atoms with van der Waals surface area (Å²) in [6, 6.07) is 5.29. The number of amides is 1. The molecule has 0 aromatic heterocycles. The summed E-state index contributed by atoms with van der Waals surface area (Å²) in [5.74, 6) is 0.00311. The van der Waals surface area contributed by atoms with Gasteiger partial charge in [-0.2, -0.15) is 0 Å². The molecule has 0 fully saturated rings. The highest BCUT2D eigenvalue weighted by Gasteiger charge is 2.19. The fraction of sp³-hybridized carbons (Fsp3) is 0.533. The Morgan fingerprint density at radius 3 is 2.47 bits per heavy atom. The van der Waals surface area contributed by atoms with Gasteiger partial charge in [-0.05, 0) is 39.1 Å². The molecular formula is C15H24N2O2. The van der Waals surface area contributed by atoms with E-state index in [1.165, 1.54) is 0 Å². The third-order valence-electron chi connectivity index (χ3n) is 3.07. The molecule has 0 unspecified atom stereocenters. The molecule has 0 atom stereocenters.